The van der Waals surface area contributed by atoms with E-state index in [0.29, 0.717) is 34.2 Å². The summed E-state index contributed by atoms with van der Waals surface area (Å²) >= 11 is 5.90. The molecule has 1 saturated heterocycles. The van der Waals surface area contributed by atoms with Crippen LogP contribution in [0.1, 0.15) is 18.7 Å². The number of aliphatic hydroxyl groups is 1. The number of halogens is 1. The Bertz CT molecular complexity index is 693. The molecular weight excluding hydrogens is 290 g/mol. The molecule has 5 nitrogen and oxygen atoms in total. The van der Waals surface area contributed by atoms with Crippen molar-refractivity contribution in [3.8, 4) is 0 Å². The van der Waals surface area contributed by atoms with Crippen LogP contribution in [0.3, 0.4) is 0 Å². The number of aromatic amines is 1. The predicted octanol–water partition coefficient (Wildman–Crippen LogP) is 1.78. The number of fused-ring (bicyclic) bond motifs is 1. The number of piperidine rings is 1. The number of likely N-dealkylation sites (tertiary alicyclic amines) is 1. The van der Waals surface area contributed by atoms with Gasteiger partial charge in [0.15, 0.2) is 0 Å². The number of hydrogen-bond donors (Lipinski definition) is 2. The van der Waals surface area contributed by atoms with E-state index in [9.17, 15) is 4.79 Å². The Morgan fingerprint density at radius 2 is 2.14 bits per heavy atom. The Kier molecular flexibility index (Phi) is 4.24. The molecule has 0 unspecified atom stereocenters. The fourth-order valence-electron chi connectivity index (χ4n) is 2.77. The molecule has 2 aromatic rings. The molecule has 1 aromatic heterocycles. The van der Waals surface area contributed by atoms with Gasteiger partial charge in [0, 0.05) is 11.6 Å². The quantitative estimate of drug-likeness (QED) is 0.907. The summed E-state index contributed by atoms with van der Waals surface area (Å²) in [5.74, 6) is 1.09. The van der Waals surface area contributed by atoms with E-state index in [1.807, 2.05) is 0 Å². The van der Waals surface area contributed by atoms with Crippen LogP contribution in [-0.4, -0.2) is 39.7 Å². The average Bonchev–Trinajstić information content (AvgIpc) is 2.49. The van der Waals surface area contributed by atoms with Crippen LogP contribution in [0, 0.1) is 5.92 Å². The third kappa shape index (κ3) is 3.26. The summed E-state index contributed by atoms with van der Waals surface area (Å²) in [6, 6.07) is 5.15. The monoisotopic (exact) mass is 307 g/mol. The lowest BCUT2D eigenvalue weighted by atomic mass is 9.98. The molecule has 3 rings (SSSR count). The smallest absolute Gasteiger partial charge is 0.258 e. The number of aromatic nitrogens is 2. The number of rotatable bonds is 3. The Hall–Kier alpha value is -1.43. The maximum Gasteiger partial charge on any atom is 0.258 e. The summed E-state index contributed by atoms with van der Waals surface area (Å²) in [5, 5.41) is 10.2. The van der Waals surface area contributed by atoms with Gasteiger partial charge in [-0.25, -0.2) is 4.98 Å². The molecule has 0 amide bonds. The molecule has 2 heterocycles. The van der Waals surface area contributed by atoms with Crippen LogP contribution >= 0.6 is 11.6 Å². The standard InChI is InChI=1S/C15H18ClN3O2/c16-11-1-2-13-12(7-11)15(21)18-14(17-13)8-19-5-3-10(9-20)4-6-19/h1-2,7,10,20H,3-6,8-9H2,(H,17,18,21). The minimum atomic E-state index is -0.150. The van der Waals surface area contributed by atoms with Gasteiger partial charge in [-0.1, -0.05) is 11.6 Å². The molecule has 2 N–H and O–H groups in total. The minimum Gasteiger partial charge on any atom is -0.396 e. The zero-order chi connectivity index (χ0) is 14.8. The summed E-state index contributed by atoms with van der Waals surface area (Å²) in [7, 11) is 0. The van der Waals surface area contributed by atoms with Gasteiger partial charge in [-0.2, -0.15) is 0 Å². The Morgan fingerprint density at radius 3 is 2.86 bits per heavy atom. The lowest BCUT2D eigenvalue weighted by Gasteiger charge is -2.30. The average molecular weight is 308 g/mol. The van der Waals surface area contributed by atoms with Crippen LogP contribution in [0.15, 0.2) is 23.0 Å². The van der Waals surface area contributed by atoms with E-state index in [-0.39, 0.29) is 12.2 Å². The summed E-state index contributed by atoms with van der Waals surface area (Å²) in [6.07, 6.45) is 1.98. The van der Waals surface area contributed by atoms with E-state index in [2.05, 4.69) is 14.9 Å². The molecule has 0 bridgehead atoms. The van der Waals surface area contributed by atoms with Gasteiger partial charge in [0.05, 0.1) is 17.4 Å². The van der Waals surface area contributed by atoms with Crippen molar-refractivity contribution in [2.75, 3.05) is 19.7 Å². The zero-order valence-corrected chi connectivity index (χ0v) is 12.4. The van der Waals surface area contributed by atoms with Crippen molar-refractivity contribution in [2.45, 2.75) is 19.4 Å². The molecule has 0 aliphatic carbocycles. The fraction of sp³-hybridized carbons (Fsp3) is 0.467. The van der Waals surface area contributed by atoms with Crippen molar-refractivity contribution in [1.29, 1.82) is 0 Å². The molecule has 0 radical (unpaired) electrons. The van der Waals surface area contributed by atoms with Gasteiger partial charge >= 0.3 is 0 Å². The van der Waals surface area contributed by atoms with Crippen molar-refractivity contribution >= 4 is 22.5 Å². The first kappa shape index (κ1) is 14.5. The van der Waals surface area contributed by atoms with Crippen LogP contribution in [0.4, 0.5) is 0 Å². The van der Waals surface area contributed by atoms with E-state index >= 15 is 0 Å². The predicted molar refractivity (Wildman–Crippen MR) is 82.5 cm³/mol. The van der Waals surface area contributed by atoms with Crippen LogP contribution in [0.2, 0.25) is 5.02 Å². The van der Waals surface area contributed by atoms with Crippen molar-refractivity contribution in [3.63, 3.8) is 0 Å². The molecule has 6 heteroatoms. The van der Waals surface area contributed by atoms with Gasteiger partial charge in [0.2, 0.25) is 0 Å². The van der Waals surface area contributed by atoms with Crippen LogP contribution in [0.25, 0.3) is 10.9 Å². The number of nitrogens with one attached hydrogen (secondary N) is 1. The highest BCUT2D eigenvalue weighted by Gasteiger charge is 2.19. The molecule has 0 atom stereocenters. The third-order valence-corrected chi connectivity index (χ3v) is 4.29. The van der Waals surface area contributed by atoms with Gasteiger partial charge in [-0.05, 0) is 50.0 Å². The van der Waals surface area contributed by atoms with E-state index in [1.165, 1.54) is 0 Å². The third-order valence-electron chi connectivity index (χ3n) is 4.06. The highest BCUT2D eigenvalue weighted by molar-refractivity contribution is 6.31. The van der Waals surface area contributed by atoms with Gasteiger partial charge in [0.1, 0.15) is 5.82 Å². The molecular formula is C15H18ClN3O2. The largest absolute Gasteiger partial charge is 0.396 e. The number of hydrogen-bond acceptors (Lipinski definition) is 4. The van der Waals surface area contributed by atoms with Gasteiger partial charge in [-0.3, -0.25) is 9.69 Å². The second-order valence-corrected chi connectivity index (χ2v) is 6.01. The summed E-state index contributed by atoms with van der Waals surface area (Å²) < 4.78 is 0. The van der Waals surface area contributed by atoms with Crippen LogP contribution in [0.5, 0.6) is 0 Å². The zero-order valence-electron chi connectivity index (χ0n) is 11.7. The molecule has 1 aliphatic rings. The first-order chi connectivity index (χ1) is 10.2. The fourth-order valence-corrected chi connectivity index (χ4v) is 2.95. The number of nitrogens with zero attached hydrogens (tertiary/aromatic N) is 2. The van der Waals surface area contributed by atoms with Crippen molar-refractivity contribution in [1.82, 2.24) is 14.9 Å². The molecule has 0 spiro atoms. The lowest BCUT2D eigenvalue weighted by Crippen LogP contribution is -2.35. The van der Waals surface area contributed by atoms with Gasteiger partial charge in [0.25, 0.3) is 5.56 Å². The molecule has 1 fully saturated rings. The maximum absolute atomic E-state index is 12.1. The number of H-pyrrole nitrogens is 1. The SMILES string of the molecule is O=c1[nH]c(CN2CCC(CO)CC2)nc2ccc(Cl)cc12. The molecule has 112 valence electrons. The summed E-state index contributed by atoms with van der Waals surface area (Å²) in [5.41, 5.74) is 0.520. The van der Waals surface area contributed by atoms with Crippen molar-refractivity contribution in [2.24, 2.45) is 5.92 Å². The second-order valence-electron chi connectivity index (χ2n) is 5.58. The minimum absolute atomic E-state index is 0.150. The highest BCUT2D eigenvalue weighted by Crippen LogP contribution is 2.18. The van der Waals surface area contributed by atoms with Crippen LogP contribution in [-0.2, 0) is 6.54 Å². The molecule has 1 aliphatic heterocycles. The number of aliphatic hydroxyl groups excluding tert-OH is 1. The topological polar surface area (TPSA) is 69.2 Å². The maximum atomic E-state index is 12.1. The second kappa shape index (κ2) is 6.13. The molecule has 1 aromatic carbocycles. The van der Waals surface area contributed by atoms with Crippen molar-refractivity contribution < 1.29 is 5.11 Å². The first-order valence-corrected chi connectivity index (χ1v) is 7.55. The van der Waals surface area contributed by atoms with E-state index in [0.717, 1.165) is 25.9 Å². The Labute approximate surface area is 127 Å². The first-order valence-electron chi connectivity index (χ1n) is 7.17. The summed E-state index contributed by atoms with van der Waals surface area (Å²) in [6.45, 7) is 2.74. The summed E-state index contributed by atoms with van der Waals surface area (Å²) in [4.78, 5) is 21.7. The Balaban J connectivity index is 1.79. The van der Waals surface area contributed by atoms with Crippen molar-refractivity contribution in [3.05, 3.63) is 39.4 Å². The molecule has 21 heavy (non-hydrogen) atoms. The highest BCUT2D eigenvalue weighted by atomic mass is 35.5. The van der Waals surface area contributed by atoms with E-state index < -0.39 is 0 Å². The van der Waals surface area contributed by atoms with Crippen LogP contribution < -0.4 is 5.56 Å². The number of benzene rings is 1. The lowest BCUT2D eigenvalue weighted by molar-refractivity contribution is 0.125. The van der Waals surface area contributed by atoms with Gasteiger partial charge < -0.3 is 10.1 Å². The van der Waals surface area contributed by atoms with Gasteiger partial charge in [-0.15, -0.1) is 0 Å². The van der Waals surface area contributed by atoms with E-state index in [1.54, 1.807) is 18.2 Å². The Morgan fingerprint density at radius 1 is 1.38 bits per heavy atom. The molecule has 0 saturated carbocycles. The normalized spacial score (nSPS) is 17.4. The van der Waals surface area contributed by atoms with E-state index in [4.69, 9.17) is 16.7 Å².